The predicted octanol–water partition coefficient (Wildman–Crippen LogP) is 0.832. The molecule has 0 aromatic heterocycles. The van der Waals surface area contributed by atoms with Crippen LogP contribution in [0.2, 0.25) is 0 Å². The highest BCUT2D eigenvalue weighted by molar-refractivity contribution is 8.00. The van der Waals surface area contributed by atoms with Gasteiger partial charge in [-0.15, -0.1) is 0 Å². The van der Waals surface area contributed by atoms with Crippen LogP contribution in [0.25, 0.3) is 0 Å². The summed E-state index contributed by atoms with van der Waals surface area (Å²) in [5.41, 5.74) is 5.69. The second kappa shape index (κ2) is 3.74. The molecule has 4 heteroatoms. The molecule has 2 unspecified atom stereocenters. The maximum atomic E-state index is 11.6. The maximum Gasteiger partial charge on any atom is 0.239 e. The Morgan fingerprint density at radius 1 is 1.71 bits per heavy atom. The van der Waals surface area contributed by atoms with E-state index in [9.17, 15) is 4.79 Å². The first-order valence-corrected chi connectivity index (χ1v) is 6.28. The third-order valence-corrected chi connectivity index (χ3v) is 4.69. The Hall–Kier alpha value is -0.220. The third kappa shape index (κ3) is 1.91. The van der Waals surface area contributed by atoms with Crippen LogP contribution < -0.4 is 5.73 Å². The molecule has 2 fully saturated rings. The minimum absolute atomic E-state index is 0.152. The lowest BCUT2D eigenvalue weighted by Gasteiger charge is -2.28. The fourth-order valence-electron chi connectivity index (χ4n) is 2.29. The van der Waals surface area contributed by atoms with Crippen molar-refractivity contribution in [2.45, 2.75) is 37.0 Å². The van der Waals surface area contributed by atoms with Gasteiger partial charge < -0.3 is 10.6 Å². The summed E-state index contributed by atoms with van der Waals surface area (Å²) < 4.78 is 0.291. The van der Waals surface area contributed by atoms with Crippen molar-refractivity contribution in [3.8, 4) is 0 Å². The molecule has 0 bridgehead atoms. The van der Waals surface area contributed by atoms with Gasteiger partial charge in [0.25, 0.3) is 0 Å². The minimum Gasteiger partial charge on any atom is -0.340 e. The number of carbonyl (C=O) groups is 1. The van der Waals surface area contributed by atoms with E-state index in [1.807, 2.05) is 16.7 Å². The molecule has 0 spiro atoms. The average molecular weight is 214 g/mol. The molecule has 3 nitrogen and oxygen atoms in total. The summed E-state index contributed by atoms with van der Waals surface area (Å²) in [5, 5.41) is 0. The zero-order valence-corrected chi connectivity index (χ0v) is 9.48. The molecule has 2 N–H and O–H groups in total. The van der Waals surface area contributed by atoms with Crippen LogP contribution >= 0.6 is 11.8 Å². The Bertz CT molecular complexity index is 238. The lowest BCUT2D eigenvalue weighted by Crippen LogP contribution is -2.41. The van der Waals surface area contributed by atoms with Gasteiger partial charge in [0.15, 0.2) is 0 Å². The van der Waals surface area contributed by atoms with E-state index in [0.29, 0.717) is 4.75 Å². The molecule has 0 aromatic carbocycles. The van der Waals surface area contributed by atoms with E-state index in [-0.39, 0.29) is 11.9 Å². The minimum atomic E-state index is -0.231. The smallest absolute Gasteiger partial charge is 0.239 e. The van der Waals surface area contributed by atoms with Crippen LogP contribution in [0.4, 0.5) is 0 Å². The second-order valence-corrected chi connectivity index (χ2v) is 6.24. The third-order valence-electron chi connectivity index (χ3n) is 3.16. The number of hydrogen-bond donors (Lipinski definition) is 1. The first-order valence-electron chi connectivity index (χ1n) is 5.29. The SMILES string of the molecule is CC1(CN2CCC(N)C2=O)CCCS1. The summed E-state index contributed by atoms with van der Waals surface area (Å²) in [4.78, 5) is 13.6. The molecule has 2 heterocycles. The normalized spacial score (nSPS) is 38.3. The van der Waals surface area contributed by atoms with E-state index in [1.54, 1.807) is 0 Å². The fraction of sp³-hybridized carbons (Fsp3) is 0.900. The van der Waals surface area contributed by atoms with Crippen LogP contribution in [-0.2, 0) is 4.79 Å². The predicted molar refractivity (Wildman–Crippen MR) is 59.3 cm³/mol. The molecule has 80 valence electrons. The largest absolute Gasteiger partial charge is 0.340 e. The summed E-state index contributed by atoms with van der Waals surface area (Å²) in [6.07, 6.45) is 3.35. The summed E-state index contributed by atoms with van der Waals surface area (Å²) in [6, 6.07) is -0.231. The fourth-order valence-corrected chi connectivity index (χ4v) is 3.60. The van der Waals surface area contributed by atoms with E-state index in [0.717, 1.165) is 19.5 Å². The van der Waals surface area contributed by atoms with Crippen molar-refractivity contribution in [1.82, 2.24) is 4.90 Å². The van der Waals surface area contributed by atoms with Crippen molar-refractivity contribution in [1.29, 1.82) is 0 Å². The van der Waals surface area contributed by atoms with Crippen molar-refractivity contribution in [3.05, 3.63) is 0 Å². The zero-order chi connectivity index (χ0) is 10.2. The summed E-state index contributed by atoms with van der Waals surface area (Å²) in [5.74, 6) is 1.39. The Kier molecular flexibility index (Phi) is 2.75. The Morgan fingerprint density at radius 3 is 3.00 bits per heavy atom. The van der Waals surface area contributed by atoms with Gasteiger partial charge >= 0.3 is 0 Å². The summed E-state index contributed by atoms with van der Waals surface area (Å²) in [7, 11) is 0. The number of nitrogens with zero attached hydrogens (tertiary/aromatic N) is 1. The number of carbonyl (C=O) groups excluding carboxylic acids is 1. The van der Waals surface area contributed by atoms with Gasteiger partial charge in [-0.1, -0.05) is 0 Å². The number of nitrogens with two attached hydrogens (primary N) is 1. The number of likely N-dealkylation sites (tertiary alicyclic amines) is 1. The quantitative estimate of drug-likeness (QED) is 0.740. The van der Waals surface area contributed by atoms with Crippen LogP contribution in [0.5, 0.6) is 0 Å². The standard InChI is InChI=1S/C10H18N2OS/c1-10(4-2-6-14-10)7-12-5-3-8(11)9(12)13/h8H,2-7,11H2,1H3. The molecular formula is C10H18N2OS. The van der Waals surface area contributed by atoms with Gasteiger partial charge in [-0.3, -0.25) is 4.79 Å². The molecule has 0 radical (unpaired) electrons. The van der Waals surface area contributed by atoms with Gasteiger partial charge in [0.05, 0.1) is 6.04 Å². The van der Waals surface area contributed by atoms with Crippen LogP contribution in [0.3, 0.4) is 0 Å². The molecule has 0 aliphatic carbocycles. The van der Waals surface area contributed by atoms with Crippen LogP contribution in [-0.4, -0.2) is 40.4 Å². The Morgan fingerprint density at radius 2 is 2.50 bits per heavy atom. The molecule has 2 aliphatic rings. The highest BCUT2D eigenvalue weighted by Crippen LogP contribution is 2.38. The van der Waals surface area contributed by atoms with Crippen molar-refractivity contribution < 1.29 is 4.79 Å². The van der Waals surface area contributed by atoms with Crippen LogP contribution in [0, 0.1) is 0 Å². The van der Waals surface area contributed by atoms with E-state index < -0.39 is 0 Å². The van der Waals surface area contributed by atoms with Gasteiger partial charge in [0.1, 0.15) is 0 Å². The van der Waals surface area contributed by atoms with Gasteiger partial charge in [-0.25, -0.2) is 0 Å². The molecule has 0 aromatic rings. The van der Waals surface area contributed by atoms with Gasteiger partial charge in [-0.2, -0.15) is 11.8 Å². The molecule has 2 rings (SSSR count). The van der Waals surface area contributed by atoms with E-state index in [1.165, 1.54) is 18.6 Å². The lowest BCUT2D eigenvalue weighted by atomic mass is 10.1. The van der Waals surface area contributed by atoms with Gasteiger partial charge in [-0.05, 0) is 31.9 Å². The van der Waals surface area contributed by atoms with E-state index in [4.69, 9.17) is 5.73 Å². The number of amides is 1. The van der Waals surface area contributed by atoms with E-state index >= 15 is 0 Å². The molecule has 0 saturated carbocycles. The van der Waals surface area contributed by atoms with Gasteiger partial charge in [0, 0.05) is 17.8 Å². The summed E-state index contributed by atoms with van der Waals surface area (Å²) >= 11 is 2.00. The zero-order valence-electron chi connectivity index (χ0n) is 8.66. The monoisotopic (exact) mass is 214 g/mol. The summed E-state index contributed by atoms with van der Waals surface area (Å²) in [6.45, 7) is 4.02. The maximum absolute atomic E-state index is 11.6. The topological polar surface area (TPSA) is 46.3 Å². The van der Waals surface area contributed by atoms with Crippen molar-refractivity contribution in [2.24, 2.45) is 5.73 Å². The van der Waals surface area contributed by atoms with Crippen molar-refractivity contribution >= 4 is 17.7 Å². The first-order chi connectivity index (χ1) is 6.61. The highest BCUT2D eigenvalue weighted by Gasteiger charge is 2.36. The highest BCUT2D eigenvalue weighted by atomic mass is 32.2. The number of rotatable bonds is 2. The van der Waals surface area contributed by atoms with Crippen LogP contribution in [0.15, 0.2) is 0 Å². The molecule has 1 amide bonds. The molecular weight excluding hydrogens is 196 g/mol. The number of thioether (sulfide) groups is 1. The van der Waals surface area contributed by atoms with Crippen LogP contribution in [0.1, 0.15) is 26.2 Å². The molecule has 14 heavy (non-hydrogen) atoms. The second-order valence-electron chi connectivity index (χ2n) is 4.56. The van der Waals surface area contributed by atoms with Crippen molar-refractivity contribution in [2.75, 3.05) is 18.8 Å². The molecule has 2 aliphatic heterocycles. The first kappa shape index (κ1) is 10.3. The molecule has 2 saturated heterocycles. The van der Waals surface area contributed by atoms with Crippen molar-refractivity contribution in [3.63, 3.8) is 0 Å². The Balaban J connectivity index is 1.94. The van der Waals surface area contributed by atoms with Gasteiger partial charge in [0.2, 0.25) is 5.91 Å². The lowest BCUT2D eigenvalue weighted by molar-refractivity contribution is -0.129. The Labute approximate surface area is 89.4 Å². The molecule has 2 atom stereocenters. The van der Waals surface area contributed by atoms with E-state index in [2.05, 4.69) is 6.92 Å². The average Bonchev–Trinajstić information content (AvgIpc) is 2.68. The number of hydrogen-bond acceptors (Lipinski definition) is 3.